The highest BCUT2D eigenvalue weighted by atomic mass is 14.9. The van der Waals surface area contributed by atoms with Crippen LogP contribution in [0, 0.1) is 0 Å². The fourth-order valence-corrected chi connectivity index (χ4v) is 3.67. The maximum atomic E-state index is 2.35. The average molecular weight is 287 g/mol. The van der Waals surface area contributed by atoms with E-state index in [9.17, 15) is 0 Å². The van der Waals surface area contributed by atoms with Crippen LogP contribution in [-0.2, 0) is 12.5 Å². The first-order valence-electron chi connectivity index (χ1n) is 7.88. The minimum atomic E-state index is 0.138. The van der Waals surface area contributed by atoms with E-state index in [1.807, 2.05) is 0 Å². The Morgan fingerprint density at radius 2 is 1.55 bits per heavy atom. The van der Waals surface area contributed by atoms with E-state index >= 15 is 0 Å². The van der Waals surface area contributed by atoms with Crippen molar-refractivity contribution in [2.24, 2.45) is 7.05 Å². The fraction of sp³-hybridized carbons (Fsp3) is 0.238. The molecule has 0 saturated carbocycles. The molecule has 0 spiro atoms. The molecule has 1 heteroatoms. The fourth-order valence-electron chi connectivity index (χ4n) is 3.67. The Bertz CT molecular complexity index is 1010. The Balaban J connectivity index is 2.31. The zero-order chi connectivity index (χ0) is 15.5. The summed E-state index contributed by atoms with van der Waals surface area (Å²) in [6.45, 7) is 6.88. The maximum Gasteiger partial charge on any atom is 0.0568 e. The minimum absolute atomic E-state index is 0.138. The maximum absolute atomic E-state index is 2.35. The summed E-state index contributed by atoms with van der Waals surface area (Å²) in [7, 11) is 2.18. The van der Waals surface area contributed by atoms with Gasteiger partial charge in [0.05, 0.1) is 5.52 Å². The Labute approximate surface area is 131 Å². The summed E-state index contributed by atoms with van der Waals surface area (Å²) in [6.07, 6.45) is 0. The van der Waals surface area contributed by atoms with Gasteiger partial charge in [-0.1, -0.05) is 69.3 Å². The first-order chi connectivity index (χ1) is 10.5. The molecule has 1 aromatic heterocycles. The van der Waals surface area contributed by atoms with Crippen molar-refractivity contribution in [3.05, 3.63) is 60.2 Å². The number of nitrogens with zero attached hydrogens (tertiary/aromatic N) is 1. The van der Waals surface area contributed by atoms with Crippen LogP contribution in [0.1, 0.15) is 26.3 Å². The summed E-state index contributed by atoms with van der Waals surface area (Å²) in [5.41, 5.74) is 4.22. The van der Waals surface area contributed by atoms with Crippen molar-refractivity contribution in [3.8, 4) is 0 Å². The van der Waals surface area contributed by atoms with Crippen molar-refractivity contribution in [1.82, 2.24) is 4.57 Å². The second-order valence-electron chi connectivity index (χ2n) is 7.19. The van der Waals surface area contributed by atoms with Gasteiger partial charge >= 0.3 is 0 Å². The quantitative estimate of drug-likeness (QED) is 0.386. The second kappa shape index (κ2) is 4.36. The zero-order valence-corrected chi connectivity index (χ0v) is 13.6. The van der Waals surface area contributed by atoms with Gasteiger partial charge in [0.25, 0.3) is 0 Å². The third kappa shape index (κ3) is 1.72. The van der Waals surface area contributed by atoms with Gasteiger partial charge in [0.2, 0.25) is 0 Å². The Hall–Kier alpha value is -2.28. The van der Waals surface area contributed by atoms with E-state index < -0.39 is 0 Å². The molecule has 0 amide bonds. The third-order valence-corrected chi connectivity index (χ3v) is 4.72. The predicted octanol–water partition coefficient (Wildman–Crippen LogP) is 5.78. The summed E-state index contributed by atoms with van der Waals surface area (Å²) in [6, 6.07) is 19.9. The van der Waals surface area contributed by atoms with Gasteiger partial charge in [0.15, 0.2) is 0 Å². The van der Waals surface area contributed by atoms with E-state index in [1.165, 1.54) is 38.1 Å². The normalized spacial score (nSPS) is 12.5. The molecule has 0 unspecified atom stereocenters. The van der Waals surface area contributed by atoms with Gasteiger partial charge in [-0.2, -0.15) is 0 Å². The molecule has 4 rings (SSSR count). The molecule has 0 aliphatic heterocycles. The SMILES string of the molecule is Cn1c2cccc(C(C)(C)C)c2c2ccc3ccccc3c21. The van der Waals surface area contributed by atoms with Crippen molar-refractivity contribution >= 4 is 32.6 Å². The average Bonchev–Trinajstić information content (AvgIpc) is 2.80. The van der Waals surface area contributed by atoms with Gasteiger partial charge in [-0.25, -0.2) is 0 Å². The Morgan fingerprint density at radius 3 is 2.32 bits per heavy atom. The molecule has 3 aromatic carbocycles. The van der Waals surface area contributed by atoms with E-state index in [2.05, 4.69) is 87.0 Å². The van der Waals surface area contributed by atoms with E-state index in [-0.39, 0.29) is 5.41 Å². The van der Waals surface area contributed by atoms with E-state index in [0.717, 1.165) is 0 Å². The van der Waals surface area contributed by atoms with Crippen LogP contribution < -0.4 is 0 Å². The van der Waals surface area contributed by atoms with Crippen LogP contribution in [0.15, 0.2) is 54.6 Å². The summed E-state index contributed by atoms with van der Waals surface area (Å²) in [5, 5.41) is 5.40. The molecule has 0 radical (unpaired) electrons. The standard InChI is InChI=1S/C21H21N/c1-21(2,3)17-10-7-11-18-19(17)16-13-12-14-8-5-6-9-15(14)20(16)22(18)4/h5-13H,1-4H3. The lowest BCUT2D eigenvalue weighted by molar-refractivity contribution is 0.596. The van der Waals surface area contributed by atoms with Gasteiger partial charge in [0.1, 0.15) is 0 Å². The number of hydrogen-bond donors (Lipinski definition) is 0. The van der Waals surface area contributed by atoms with Gasteiger partial charge in [-0.3, -0.25) is 0 Å². The largest absolute Gasteiger partial charge is 0.343 e. The molecule has 22 heavy (non-hydrogen) atoms. The van der Waals surface area contributed by atoms with Gasteiger partial charge in [0, 0.05) is 28.7 Å². The van der Waals surface area contributed by atoms with E-state index in [4.69, 9.17) is 0 Å². The van der Waals surface area contributed by atoms with Crippen LogP contribution in [-0.4, -0.2) is 4.57 Å². The van der Waals surface area contributed by atoms with Gasteiger partial charge in [-0.05, 0) is 22.4 Å². The summed E-state index contributed by atoms with van der Waals surface area (Å²) in [4.78, 5) is 0. The molecule has 0 bridgehead atoms. The summed E-state index contributed by atoms with van der Waals surface area (Å²) < 4.78 is 2.35. The Morgan fingerprint density at radius 1 is 0.773 bits per heavy atom. The van der Waals surface area contributed by atoms with Gasteiger partial charge in [-0.15, -0.1) is 0 Å². The highest BCUT2D eigenvalue weighted by Gasteiger charge is 2.21. The number of benzene rings is 3. The molecule has 0 atom stereocenters. The van der Waals surface area contributed by atoms with Crippen molar-refractivity contribution in [2.45, 2.75) is 26.2 Å². The molecule has 0 aliphatic rings. The topological polar surface area (TPSA) is 4.93 Å². The second-order valence-corrected chi connectivity index (χ2v) is 7.19. The van der Waals surface area contributed by atoms with Crippen LogP contribution >= 0.6 is 0 Å². The van der Waals surface area contributed by atoms with E-state index in [0.29, 0.717) is 0 Å². The number of fused-ring (bicyclic) bond motifs is 5. The molecule has 0 fully saturated rings. The van der Waals surface area contributed by atoms with Crippen LogP contribution in [0.3, 0.4) is 0 Å². The monoisotopic (exact) mass is 287 g/mol. The first kappa shape index (κ1) is 13.4. The zero-order valence-electron chi connectivity index (χ0n) is 13.6. The first-order valence-corrected chi connectivity index (χ1v) is 7.88. The van der Waals surface area contributed by atoms with Crippen LogP contribution in [0.4, 0.5) is 0 Å². The predicted molar refractivity (Wildman–Crippen MR) is 96.6 cm³/mol. The number of hydrogen-bond acceptors (Lipinski definition) is 0. The number of aryl methyl sites for hydroxylation is 1. The molecule has 1 nitrogen and oxygen atoms in total. The number of aromatic nitrogens is 1. The van der Waals surface area contributed by atoms with Crippen LogP contribution in [0.25, 0.3) is 32.6 Å². The molecular weight excluding hydrogens is 266 g/mol. The highest BCUT2D eigenvalue weighted by molar-refractivity contribution is 6.18. The van der Waals surface area contributed by atoms with Crippen LogP contribution in [0.2, 0.25) is 0 Å². The number of rotatable bonds is 0. The Kier molecular flexibility index (Phi) is 2.65. The minimum Gasteiger partial charge on any atom is -0.343 e. The van der Waals surface area contributed by atoms with Gasteiger partial charge < -0.3 is 4.57 Å². The lowest BCUT2D eigenvalue weighted by atomic mass is 9.84. The van der Waals surface area contributed by atoms with Crippen LogP contribution in [0.5, 0.6) is 0 Å². The van der Waals surface area contributed by atoms with Crippen molar-refractivity contribution < 1.29 is 0 Å². The van der Waals surface area contributed by atoms with Crippen molar-refractivity contribution in [2.75, 3.05) is 0 Å². The summed E-state index contributed by atoms with van der Waals surface area (Å²) in [5.74, 6) is 0. The highest BCUT2D eigenvalue weighted by Crippen LogP contribution is 2.38. The lowest BCUT2D eigenvalue weighted by Crippen LogP contribution is -2.11. The molecule has 4 aromatic rings. The summed E-state index contributed by atoms with van der Waals surface area (Å²) >= 11 is 0. The molecule has 0 aliphatic carbocycles. The smallest absolute Gasteiger partial charge is 0.0568 e. The molecule has 110 valence electrons. The van der Waals surface area contributed by atoms with Crippen molar-refractivity contribution in [1.29, 1.82) is 0 Å². The third-order valence-electron chi connectivity index (χ3n) is 4.72. The molecule has 0 N–H and O–H groups in total. The molecule has 1 heterocycles. The molecule has 0 saturated heterocycles. The lowest BCUT2D eigenvalue weighted by Gasteiger charge is -2.20. The van der Waals surface area contributed by atoms with Crippen molar-refractivity contribution in [3.63, 3.8) is 0 Å². The molecular formula is C21H21N. The van der Waals surface area contributed by atoms with E-state index in [1.54, 1.807) is 0 Å².